The van der Waals surface area contributed by atoms with Crippen LogP contribution in [0.5, 0.6) is 0 Å². The lowest BCUT2D eigenvalue weighted by molar-refractivity contribution is -0.139. The van der Waals surface area contributed by atoms with Crippen LogP contribution in [0.15, 0.2) is 6.07 Å². The fourth-order valence-electron chi connectivity index (χ4n) is 2.76. The number of carbonyl (C=O) groups is 2. The highest BCUT2D eigenvalue weighted by molar-refractivity contribution is 5.88. The van der Waals surface area contributed by atoms with E-state index in [1.54, 1.807) is 11.0 Å². The standard InChI is InChI=1S/C14H18FN3O3/c1-21-12(19)11-8-10(16-17-11)9-2-6-18(7-3-9)13(20)14(15)4-5-14/h8-9H,2-7H2,1H3,(H,16,17). The van der Waals surface area contributed by atoms with E-state index in [1.165, 1.54) is 7.11 Å². The van der Waals surface area contributed by atoms with Crippen LogP contribution in [0.25, 0.3) is 0 Å². The molecule has 114 valence electrons. The number of amides is 1. The van der Waals surface area contributed by atoms with Gasteiger partial charge in [-0.05, 0) is 31.7 Å². The van der Waals surface area contributed by atoms with Crippen molar-refractivity contribution in [3.63, 3.8) is 0 Å². The first-order valence-corrected chi connectivity index (χ1v) is 7.15. The van der Waals surface area contributed by atoms with Crippen molar-refractivity contribution < 1.29 is 18.7 Å². The third kappa shape index (κ3) is 2.64. The van der Waals surface area contributed by atoms with E-state index in [4.69, 9.17) is 0 Å². The topological polar surface area (TPSA) is 75.3 Å². The largest absolute Gasteiger partial charge is 0.464 e. The van der Waals surface area contributed by atoms with Crippen molar-refractivity contribution in [1.29, 1.82) is 0 Å². The number of carbonyl (C=O) groups excluding carboxylic acids is 2. The molecule has 0 atom stereocenters. The van der Waals surface area contributed by atoms with Crippen LogP contribution in [0, 0.1) is 0 Å². The molecule has 1 aliphatic heterocycles. The van der Waals surface area contributed by atoms with E-state index in [0.717, 1.165) is 18.5 Å². The van der Waals surface area contributed by atoms with Gasteiger partial charge in [-0.1, -0.05) is 0 Å². The third-order valence-corrected chi connectivity index (χ3v) is 4.29. The maximum Gasteiger partial charge on any atom is 0.358 e. The number of rotatable bonds is 3. The molecule has 2 aliphatic rings. The molecule has 0 aromatic carbocycles. The zero-order valence-electron chi connectivity index (χ0n) is 11.9. The van der Waals surface area contributed by atoms with Crippen LogP contribution in [0.2, 0.25) is 0 Å². The van der Waals surface area contributed by atoms with Crippen LogP contribution in [0.1, 0.15) is 47.8 Å². The summed E-state index contributed by atoms with van der Waals surface area (Å²) < 4.78 is 18.4. The average Bonchev–Trinajstić information content (AvgIpc) is 3.08. The first-order valence-electron chi connectivity index (χ1n) is 7.15. The molecular formula is C14H18FN3O3. The number of nitrogens with one attached hydrogen (secondary N) is 1. The molecule has 1 aromatic rings. The van der Waals surface area contributed by atoms with E-state index >= 15 is 0 Å². The second-order valence-corrected chi connectivity index (χ2v) is 5.73. The molecule has 0 bridgehead atoms. The Morgan fingerprint density at radius 1 is 1.43 bits per heavy atom. The lowest BCUT2D eigenvalue weighted by Crippen LogP contribution is -2.43. The number of aromatic amines is 1. The van der Waals surface area contributed by atoms with Crippen LogP contribution in [-0.4, -0.2) is 52.8 Å². The van der Waals surface area contributed by atoms with Crippen LogP contribution in [0.4, 0.5) is 4.39 Å². The van der Waals surface area contributed by atoms with Crippen molar-refractivity contribution in [2.75, 3.05) is 20.2 Å². The average molecular weight is 295 g/mol. The smallest absolute Gasteiger partial charge is 0.358 e. The zero-order valence-corrected chi connectivity index (χ0v) is 11.9. The molecule has 6 nitrogen and oxygen atoms in total. The van der Waals surface area contributed by atoms with Gasteiger partial charge < -0.3 is 9.64 Å². The molecule has 2 heterocycles. The summed E-state index contributed by atoms with van der Waals surface area (Å²) in [7, 11) is 1.31. The Bertz CT molecular complexity index is 560. The van der Waals surface area contributed by atoms with Gasteiger partial charge in [0, 0.05) is 24.7 Å². The Labute approximate surface area is 121 Å². The van der Waals surface area contributed by atoms with Gasteiger partial charge in [-0.3, -0.25) is 9.89 Å². The first kappa shape index (κ1) is 14.0. The van der Waals surface area contributed by atoms with E-state index < -0.39 is 11.6 Å². The molecule has 0 unspecified atom stereocenters. The van der Waals surface area contributed by atoms with Crippen LogP contribution in [0.3, 0.4) is 0 Å². The summed E-state index contributed by atoms with van der Waals surface area (Å²) >= 11 is 0. The number of aromatic nitrogens is 2. The lowest BCUT2D eigenvalue weighted by Gasteiger charge is -2.32. The van der Waals surface area contributed by atoms with Gasteiger partial charge in [0.2, 0.25) is 0 Å². The van der Waals surface area contributed by atoms with Gasteiger partial charge in [0.05, 0.1) is 7.11 Å². The fraction of sp³-hybridized carbons (Fsp3) is 0.643. The predicted molar refractivity (Wildman–Crippen MR) is 71.6 cm³/mol. The van der Waals surface area contributed by atoms with E-state index in [9.17, 15) is 14.0 Å². The molecule has 3 rings (SSSR count). The molecule has 7 heteroatoms. The lowest BCUT2D eigenvalue weighted by atomic mass is 9.93. The minimum atomic E-state index is -1.58. The number of nitrogens with zero attached hydrogens (tertiary/aromatic N) is 2. The van der Waals surface area contributed by atoms with Gasteiger partial charge in [-0.25, -0.2) is 9.18 Å². The molecule has 2 fully saturated rings. The Kier molecular flexibility index (Phi) is 3.43. The first-order chi connectivity index (χ1) is 10.0. The number of H-pyrrole nitrogens is 1. The summed E-state index contributed by atoms with van der Waals surface area (Å²) in [6.07, 6.45) is 2.19. The number of likely N-dealkylation sites (tertiary alicyclic amines) is 1. The van der Waals surface area contributed by atoms with E-state index in [1.807, 2.05) is 0 Å². The van der Waals surface area contributed by atoms with Crippen molar-refractivity contribution in [2.24, 2.45) is 0 Å². The SMILES string of the molecule is COC(=O)c1cc(C2CCN(C(=O)C3(F)CC3)CC2)[nH]n1. The van der Waals surface area contributed by atoms with Gasteiger partial charge in [0.1, 0.15) is 0 Å². The Morgan fingerprint density at radius 3 is 2.67 bits per heavy atom. The fourth-order valence-corrected chi connectivity index (χ4v) is 2.76. The summed E-state index contributed by atoms with van der Waals surface area (Å²) in [6.45, 7) is 1.09. The quantitative estimate of drug-likeness (QED) is 0.855. The van der Waals surface area contributed by atoms with Crippen molar-refractivity contribution in [2.45, 2.75) is 37.3 Å². The van der Waals surface area contributed by atoms with Crippen LogP contribution < -0.4 is 0 Å². The number of hydrogen-bond acceptors (Lipinski definition) is 4. The van der Waals surface area contributed by atoms with Crippen molar-refractivity contribution in [3.8, 4) is 0 Å². The predicted octanol–water partition coefficient (Wildman–Crippen LogP) is 1.40. The highest BCUT2D eigenvalue weighted by Gasteiger charge is 2.53. The number of hydrogen-bond donors (Lipinski definition) is 1. The molecule has 1 saturated heterocycles. The second kappa shape index (κ2) is 5.13. The molecular weight excluding hydrogens is 277 g/mol. The molecule has 21 heavy (non-hydrogen) atoms. The number of alkyl halides is 1. The van der Waals surface area contributed by atoms with Gasteiger partial charge in [0.15, 0.2) is 11.4 Å². The summed E-state index contributed by atoms with van der Waals surface area (Å²) in [5, 5.41) is 6.77. The monoisotopic (exact) mass is 295 g/mol. The van der Waals surface area contributed by atoms with Gasteiger partial charge in [0.25, 0.3) is 5.91 Å². The van der Waals surface area contributed by atoms with E-state index in [-0.39, 0.29) is 17.5 Å². The maximum absolute atomic E-state index is 13.8. The zero-order chi connectivity index (χ0) is 15.0. The normalized spacial score (nSPS) is 21.1. The molecule has 0 radical (unpaired) electrons. The van der Waals surface area contributed by atoms with Crippen molar-refractivity contribution in [3.05, 3.63) is 17.5 Å². The van der Waals surface area contributed by atoms with E-state index in [0.29, 0.717) is 25.9 Å². The Balaban J connectivity index is 1.59. The summed E-state index contributed by atoms with van der Waals surface area (Å²) in [6, 6.07) is 1.69. The van der Waals surface area contributed by atoms with Gasteiger partial charge in [-0.2, -0.15) is 5.10 Å². The molecule has 1 aromatic heterocycles. The highest BCUT2D eigenvalue weighted by atomic mass is 19.1. The summed E-state index contributed by atoms with van der Waals surface area (Å²) in [5.41, 5.74) is -0.464. The Hall–Kier alpha value is -1.92. The van der Waals surface area contributed by atoms with Gasteiger partial charge in [-0.15, -0.1) is 0 Å². The number of piperidine rings is 1. The van der Waals surface area contributed by atoms with Crippen LogP contribution in [-0.2, 0) is 9.53 Å². The summed E-state index contributed by atoms with van der Waals surface area (Å²) in [4.78, 5) is 24.9. The molecule has 1 saturated carbocycles. The molecule has 0 spiro atoms. The van der Waals surface area contributed by atoms with Crippen LogP contribution >= 0.6 is 0 Å². The maximum atomic E-state index is 13.8. The second-order valence-electron chi connectivity index (χ2n) is 5.73. The third-order valence-electron chi connectivity index (χ3n) is 4.29. The number of methoxy groups -OCH3 is 1. The Morgan fingerprint density at radius 2 is 2.10 bits per heavy atom. The molecule has 1 N–H and O–H groups in total. The number of ether oxygens (including phenoxy) is 1. The van der Waals surface area contributed by atoms with E-state index in [2.05, 4.69) is 14.9 Å². The van der Waals surface area contributed by atoms with Crippen molar-refractivity contribution in [1.82, 2.24) is 15.1 Å². The highest BCUT2D eigenvalue weighted by Crippen LogP contribution is 2.42. The van der Waals surface area contributed by atoms with Crippen molar-refractivity contribution >= 4 is 11.9 Å². The molecule has 1 amide bonds. The minimum Gasteiger partial charge on any atom is -0.464 e. The molecule has 1 aliphatic carbocycles. The van der Waals surface area contributed by atoms with Gasteiger partial charge >= 0.3 is 5.97 Å². The summed E-state index contributed by atoms with van der Waals surface area (Å²) in [5.74, 6) is -0.631. The minimum absolute atomic E-state index is 0.203. The number of esters is 1. The number of halogens is 1.